The number of nitrogens with zero attached hydrogens (tertiary/aromatic N) is 2. The second-order valence-corrected chi connectivity index (χ2v) is 18.6. The number of benzene rings is 4. The molecule has 0 atom stereocenters. The quantitative estimate of drug-likeness (QED) is 0.0845. The van der Waals surface area contributed by atoms with Crippen LogP contribution < -0.4 is 0 Å². The summed E-state index contributed by atoms with van der Waals surface area (Å²) in [5.41, 5.74) is 14.8. The minimum Gasteiger partial charge on any atom is -0.509 e. The van der Waals surface area contributed by atoms with Crippen molar-refractivity contribution in [2.45, 2.75) is 93.4 Å². The van der Waals surface area contributed by atoms with Gasteiger partial charge in [-0.2, -0.15) is 0 Å². The van der Waals surface area contributed by atoms with E-state index in [2.05, 4.69) is 162 Å². The first-order valence-corrected chi connectivity index (χ1v) is 23.7. The summed E-state index contributed by atoms with van der Waals surface area (Å²) in [4.78, 5) is 9.64. The molecular formula is C57H66N2O2S2. The van der Waals surface area contributed by atoms with Gasteiger partial charge in [0.1, 0.15) is 16.5 Å². The van der Waals surface area contributed by atoms with Crippen LogP contribution in [0.15, 0.2) is 180 Å². The van der Waals surface area contributed by atoms with E-state index in [4.69, 9.17) is 4.98 Å². The molecule has 0 saturated carbocycles. The third-order valence-electron chi connectivity index (χ3n) is 10.3. The van der Waals surface area contributed by atoms with Crippen LogP contribution in [0.4, 0.5) is 0 Å². The number of aliphatic hydroxyl groups excluding tert-OH is 1. The third-order valence-corrected chi connectivity index (χ3v) is 11.8. The standard InChI is InChI=1S/C36H32N2OS2.C19H28O.C2H6/c1-36(2,3)27-19-30(24-11-5-4-6-12-24)34(39)31(20-27)35-38-33(22-41-35)29-16-10-8-14-26(29)18-17-25-13-7-9-15-28(25)32-21-40-23-37-32;1-7-9-10-11-17(8-2)13-15-18(19(4,5)6)14-12-16(3)20;1-2/h4-16,19-23,39H,17-18H2,1-3H3;8-12,14-15,20H,2-3,7,13H2,1,4-6H3;1-2H3/b;10-9-,14-12-,17-11+,18-15+;. The summed E-state index contributed by atoms with van der Waals surface area (Å²) in [6, 6.07) is 31.4. The van der Waals surface area contributed by atoms with E-state index >= 15 is 0 Å². The Kier molecular flexibility index (Phi) is 19.1. The Balaban J connectivity index is 0.000000336. The zero-order chi connectivity index (χ0) is 46.0. The fourth-order valence-electron chi connectivity index (χ4n) is 6.77. The topological polar surface area (TPSA) is 66.2 Å². The van der Waals surface area contributed by atoms with Crippen molar-refractivity contribution in [1.82, 2.24) is 9.97 Å². The van der Waals surface area contributed by atoms with Crippen molar-refractivity contribution in [1.29, 1.82) is 0 Å². The summed E-state index contributed by atoms with van der Waals surface area (Å²) >= 11 is 3.20. The van der Waals surface area contributed by atoms with Crippen molar-refractivity contribution in [3.05, 3.63) is 197 Å². The van der Waals surface area contributed by atoms with Crippen LogP contribution in [0.5, 0.6) is 5.75 Å². The van der Waals surface area contributed by atoms with Crippen LogP contribution in [0.25, 0.3) is 44.2 Å². The summed E-state index contributed by atoms with van der Waals surface area (Å²) in [6.45, 7) is 26.5. The molecule has 6 rings (SSSR count). The number of aliphatic hydroxyl groups is 1. The first-order valence-electron chi connectivity index (χ1n) is 21.9. The number of hydrogen-bond acceptors (Lipinski definition) is 6. The van der Waals surface area contributed by atoms with E-state index < -0.39 is 0 Å². The molecule has 0 amide bonds. The van der Waals surface area contributed by atoms with E-state index in [1.165, 1.54) is 33.4 Å². The molecule has 2 heterocycles. The van der Waals surface area contributed by atoms with Gasteiger partial charge in [0, 0.05) is 27.5 Å². The lowest BCUT2D eigenvalue weighted by atomic mass is 9.83. The highest BCUT2D eigenvalue weighted by atomic mass is 32.1. The highest BCUT2D eigenvalue weighted by Crippen LogP contribution is 2.44. The van der Waals surface area contributed by atoms with Crippen molar-refractivity contribution in [3.8, 4) is 50.0 Å². The van der Waals surface area contributed by atoms with E-state index in [0.717, 1.165) is 64.3 Å². The molecule has 0 aliphatic heterocycles. The Labute approximate surface area is 386 Å². The van der Waals surface area contributed by atoms with Gasteiger partial charge in [-0.3, -0.25) is 0 Å². The van der Waals surface area contributed by atoms with E-state index in [1.807, 2.05) is 61.8 Å². The molecule has 328 valence electrons. The number of aryl methyl sites for hydroxylation is 2. The molecule has 0 bridgehead atoms. The monoisotopic (exact) mass is 874 g/mol. The minimum absolute atomic E-state index is 0.0253. The number of allylic oxidation sites excluding steroid dienone is 9. The van der Waals surface area contributed by atoms with Crippen molar-refractivity contribution in [2.24, 2.45) is 5.41 Å². The van der Waals surface area contributed by atoms with E-state index in [1.54, 1.807) is 28.7 Å². The van der Waals surface area contributed by atoms with Gasteiger partial charge in [-0.1, -0.05) is 191 Å². The van der Waals surface area contributed by atoms with Crippen LogP contribution in [0, 0.1) is 5.41 Å². The molecule has 6 heteroatoms. The number of thiazole rings is 2. The van der Waals surface area contributed by atoms with Crippen molar-refractivity contribution >= 4 is 22.7 Å². The van der Waals surface area contributed by atoms with Gasteiger partial charge >= 0.3 is 0 Å². The average Bonchev–Trinajstić information content (AvgIpc) is 4.00. The zero-order valence-electron chi connectivity index (χ0n) is 38.8. The van der Waals surface area contributed by atoms with Gasteiger partial charge in [-0.05, 0) is 88.1 Å². The van der Waals surface area contributed by atoms with Gasteiger partial charge in [-0.15, -0.1) is 22.7 Å². The van der Waals surface area contributed by atoms with Gasteiger partial charge < -0.3 is 10.2 Å². The molecule has 6 aromatic rings. The lowest BCUT2D eigenvalue weighted by Gasteiger charge is -2.22. The Morgan fingerprint density at radius 1 is 0.762 bits per heavy atom. The lowest BCUT2D eigenvalue weighted by molar-refractivity contribution is 0.434. The summed E-state index contributed by atoms with van der Waals surface area (Å²) in [7, 11) is 0. The molecule has 63 heavy (non-hydrogen) atoms. The van der Waals surface area contributed by atoms with Crippen LogP contribution in [-0.2, 0) is 18.3 Å². The first kappa shape index (κ1) is 49.8. The third kappa shape index (κ3) is 14.6. The number of aromatic nitrogens is 2. The number of phenols is 1. The van der Waals surface area contributed by atoms with Crippen molar-refractivity contribution < 1.29 is 10.2 Å². The Hall–Kier alpha value is -5.82. The molecular weight excluding hydrogens is 809 g/mol. The van der Waals surface area contributed by atoms with E-state index in [-0.39, 0.29) is 22.3 Å². The van der Waals surface area contributed by atoms with Gasteiger partial charge in [0.15, 0.2) is 0 Å². The van der Waals surface area contributed by atoms with Crippen LogP contribution >= 0.6 is 22.7 Å². The minimum atomic E-state index is -0.0759. The molecule has 2 N–H and O–H groups in total. The maximum Gasteiger partial charge on any atom is 0.133 e. The van der Waals surface area contributed by atoms with Crippen LogP contribution in [0.1, 0.15) is 91.8 Å². The summed E-state index contributed by atoms with van der Waals surface area (Å²) < 4.78 is 0. The SMILES string of the molecule is C=C/C(=C\C=C/CC)C/C=C(\C=C/C(=C)O)C(C)(C)C.CC.CC(C)(C)c1cc(-c2ccccc2)c(O)c(-c2nc(-c3ccccc3CCc3ccccc3-c3cscn3)cs2)c1. The smallest absolute Gasteiger partial charge is 0.133 e. The maximum absolute atomic E-state index is 11.5. The molecule has 0 unspecified atom stereocenters. The first-order chi connectivity index (χ1) is 30.2. The molecule has 0 radical (unpaired) electrons. The predicted octanol–water partition coefficient (Wildman–Crippen LogP) is 17.1. The van der Waals surface area contributed by atoms with Crippen molar-refractivity contribution in [3.63, 3.8) is 0 Å². The highest BCUT2D eigenvalue weighted by molar-refractivity contribution is 7.13. The van der Waals surface area contributed by atoms with Gasteiger partial charge in [0.25, 0.3) is 0 Å². The molecule has 4 nitrogen and oxygen atoms in total. The number of phenolic OH excluding ortho intramolecular Hbond substituents is 1. The Morgan fingerprint density at radius 2 is 1.37 bits per heavy atom. The number of hydrogen-bond donors (Lipinski definition) is 2. The average molecular weight is 875 g/mol. The Morgan fingerprint density at radius 3 is 1.92 bits per heavy atom. The van der Waals surface area contributed by atoms with Crippen molar-refractivity contribution in [2.75, 3.05) is 0 Å². The molecule has 0 spiro atoms. The largest absolute Gasteiger partial charge is 0.509 e. The van der Waals surface area contributed by atoms with Gasteiger partial charge in [0.2, 0.25) is 0 Å². The van der Waals surface area contributed by atoms with Gasteiger partial charge in [0.05, 0.1) is 22.5 Å². The molecule has 0 aliphatic carbocycles. The zero-order valence-corrected chi connectivity index (χ0v) is 40.4. The summed E-state index contributed by atoms with van der Waals surface area (Å²) in [6.07, 6.45) is 17.5. The molecule has 0 saturated heterocycles. The summed E-state index contributed by atoms with van der Waals surface area (Å²) in [5, 5.41) is 25.7. The van der Waals surface area contributed by atoms with Crippen LogP contribution in [-0.4, -0.2) is 20.2 Å². The second kappa shape index (κ2) is 24.1. The van der Waals surface area contributed by atoms with E-state index in [9.17, 15) is 10.2 Å². The fourth-order valence-corrected chi connectivity index (χ4v) is 8.15. The molecule has 0 fully saturated rings. The normalized spacial score (nSPS) is 12.1. The fraction of sp³-hybridized carbons (Fsp3) is 0.263. The number of aromatic hydroxyl groups is 1. The highest BCUT2D eigenvalue weighted by Gasteiger charge is 2.22. The van der Waals surface area contributed by atoms with Crippen LogP contribution in [0.3, 0.4) is 0 Å². The van der Waals surface area contributed by atoms with Gasteiger partial charge in [-0.25, -0.2) is 9.97 Å². The predicted molar refractivity (Wildman–Crippen MR) is 276 cm³/mol. The lowest BCUT2D eigenvalue weighted by Crippen LogP contribution is -2.11. The molecule has 2 aromatic heterocycles. The number of rotatable bonds is 14. The summed E-state index contributed by atoms with van der Waals surface area (Å²) in [5.74, 6) is 0.350. The van der Waals surface area contributed by atoms with E-state index in [0.29, 0.717) is 0 Å². The maximum atomic E-state index is 11.5. The Bertz CT molecular complexity index is 2500. The second-order valence-electron chi connectivity index (χ2n) is 17.0. The molecule has 4 aromatic carbocycles. The molecule has 0 aliphatic rings. The van der Waals surface area contributed by atoms with Crippen LogP contribution in [0.2, 0.25) is 0 Å².